The standard InChI is InChI=1S/C14H8BrClF4O/c15-10-6-5-9(12(17)11(10)16)13(21)7-1-3-8(4-2-7)14(18,19)20/h1-6,13,21H. The molecule has 2 rings (SSSR count). The minimum absolute atomic E-state index is 0.108. The van der Waals surface area contributed by atoms with Crippen LogP contribution >= 0.6 is 27.5 Å². The van der Waals surface area contributed by atoms with E-state index in [9.17, 15) is 22.7 Å². The molecule has 0 saturated carbocycles. The third kappa shape index (κ3) is 3.39. The van der Waals surface area contributed by atoms with Gasteiger partial charge in [0.2, 0.25) is 0 Å². The zero-order chi connectivity index (χ0) is 15.8. The van der Waals surface area contributed by atoms with Crippen molar-refractivity contribution >= 4 is 27.5 Å². The second kappa shape index (κ2) is 5.94. The molecule has 2 aromatic rings. The molecule has 21 heavy (non-hydrogen) atoms. The van der Waals surface area contributed by atoms with E-state index in [-0.39, 0.29) is 16.1 Å². The molecule has 1 unspecified atom stereocenters. The molecule has 0 amide bonds. The van der Waals surface area contributed by atoms with Gasteiger partial charge in [0.25, 0.3) is 0 Å². The lowest BCUT2D eigenvalue weighted by Gasteiger charge is -2.15. The summed E-state index contributed by atoms with van der Waals surface area (Å²) in [7, 11) is 0. The van der Waals surface area contributed by atoms with Crippen LogP contribution in [0.1, 0.15) is 22.8 Å². The van der Waals surface area contributed by atoms with E-state index in [2.05, 4.69) is 15.9 Å². The van der Waals surface area contributed by atoms with Gasteiger partial charge in [-0.3, -0.25) is 0 Å². The van der Waals surface area contributed by atoms with Crippen molar-refractivity contribution in [2.45, 2.75) is 12.3 Å². The number of benzene rings is 2. The summed E-state index contributed by atoms with van der Waals surface area (Å²) in [6, 6.07) is 6.63. The summed E-state index contributed by atoms with van der Waals surface area (Å²) in [6.07, 6.45) is -5.87. The SMILES string of the molecule is OC(c1ccc(C(F)(F)F)cc1)c1ccc(Br)c(Cl)c1F. The molecule has 0 saturated heterocycles. The summed E-state index contributed by atoms with van der Waals surface area (Å²) in [6.45, 7) is 0. The van der Waals surface area contributed by atoms with E-state index in [0.717, 1.165) is 24.3 Å². The van der Waals surface area contributed by atoms with Gasteiger partial charge in [-0.25, -0.2) is 4.39 Å². The zero-order valence-corrected chi connectivity index (χ0v) is 12.6. The Morgan fingerprint density at radius 3 is 2.14 bits per heavy atom. The first-order valence-electron chi connectivity index (χ1n) is 5.70. The Kier molecular flexibility index (Phi) is 4.60. The molecule has 1 nitrogen and oxygen atoms in total. The summed E-state index contributed by atoms with van der Waals surface area (Å²) >= 11 is 8.76. The third-order valence-electron chi connectivity index (χ3n) is 2.91. The van der Waals surface area contributed by atoms with Gasteiger partial charge in [-0.05, 0) is 39.7 Å². The quantitative estimate of drug-likeness (QED) is 0.548. The van der Waals surface area contributed by atoms with Crippen molar-refractivity contribution in [2.24, 2.45) is 0 Å². The molecular weight excluding hydrogens is 376 g/mol. The molecule has 1 N–H and O–H groups in total. The van der Waals surface area contributed by atoms with Crippen LogP contribution in [0.2, 0.25) is 5.02 Å². The van der Waals surface area contributed by atoms with E-state index in [1.165, 1.54) is 12.1 Å². The van der Waals surface area contributed by atoms with E-state index in [1.807, 2.05) is 0 Å². The average molecular weight is 384 g/mol. The molecule has 0 spiro atoms. The maximum atomic E-state index is 14.0. The Balaban J connectivity index is 2.37. The largest absolute Gasteiger partial charge is 0.416 e. The predicted molar refractivity (Wildman–Crippen MR) is 74.6 cm³/mol. The van der Waals surface area contributed by atoms with Crippen molar-refractivity contribution in [1.82, 2.24) is 0 Å². The topological polar surface area (TPSA) is 20.2 Å². The maximum Gasteiger partial charge on any atom is 0.416 e. The molecule has 7 heteroatoms. The molecular formula is C14H8BrClF4O. The van der Waals surface area contributed by atoms with Gasteiger partial charge >= 0.3 is 6.18 Å². The summed E-state index contributed by atoms with van der Waals surface area (Å²) < 4.78 is 51.7. The Morgan fingerprint density at radius 2 is 1.62 bits per heavy atom. The van der Waals surface area contributed by atoms with Gasteiger partial charge < -0.3 is 5.11 Å². The highest BCUT2D eigenvalue weighted by molar-refractivity contribution is 9.10. The van der Waals surface area contributed by atoms with Crippen LogP contribution in [0.25, 0.3) is 0 Å². The summed E-state index contributed by atoms with van der Waals surface area (Å²) in [5.74, 6) is -0.821. The minimum atomic E-state index is -4.46. The molecule has 0 aliphatic heterocycles. The second-order valence-corrected chi connectivity index (χ2v) is 5.52. The van der Waals surface area contributed by atoms with Crippen molar-refractivity contribution in [2.75, 3.05) is 0 Å². The van der Waals surface area contributed by atoms with Crippen LogP contribution in [-0.2, 0) is 6.18 Å². The number of hydrogen-bond donors (Lipinski definition) is 1. The molecule has 0 radical (unpaired) electrons. The van der Waals surface area contributed by atoms with E-state index in [1.54, 1.807) is 0 Å². The first-order valence-corrected chi connectivity index (χ1v) is 6.87. The predicted octanol–water partition coefficient (Wildman–Crippen LogP) is 5.34. The van der Waals surface area contributed by atoms with Gasteiger partial charge in [-0.1, -0.05) is 29.8 Å². The van der Waals surface area contributed by atoms with Gasteiger partial charge in [0.1, 0.15) is 11.9 Å². The van der Waals surface area contributed by atoms with Crippen molar-refractivity contribution in [3.8, 4) is 0 Å². The van der Waals surface area contributed by atoms with Crippen LogP contribution in [0, 0.1) is 5.82 Å². The van der Waals surface area contributed by atoms with Crippen LogP contribution in [0.15, 0.2) is 40.9 Å². The molecule has 0 aromatic heterocycles. The first kappa shape index (κ1) is 16.3. The first-order chi connectivity index (χ1) is 9.71. The van der Waals surface area contributed by atoms with Gasteiger partial charge in [0.05, 0.1) is 10.6 Å². The summed E-state index contributed by atoms with van der Waals surface area (Å²) in [4.78, 5) is 0. The number of hydrogen-bond acceptors (Lipinski definition) is 1. The summed E-state index contributed by atoms with van der Waals surface area (Å²) in [5.41, 5.74) is -0.809. The van der Waals surface area contributed by atoms with Crippen molar-refractivity contribution in [3.05, 3.63) is 68.4 Å². The number of rotatable bonds is 2. The van der Waals surface area contributed by atoms with Gasteiger partial charge in [-0.2, -0.15) is 13.2 Å². The highest BCUT2D eigenvalue weighted by Gasteiger charge is 2.30. The van der Waals surface area contributed by atoms with E-state index in [0.29, 0.717) is 4.47 Å². The third-order valence-corrected chi connectivity index (χ3v) is 4.17. The molecule has 0 heterocycles. The average Bonchev–Trinajstić information content (AvgIpc) is 2.43. The molecule has 0 fully saturated rings. The molecule has 0 aliphatic rings. The number of aliphatic hydroxyl groups is 1. The monoisotopic (exact) mass is 382 g/mol. The van der Waals surface area contributed by atoms with Gasteiger partial charge in [-0.15, -0.1) is 0 Å². The smallest absolute Gasteiger partial charge is 0.384 e. The lowest BCUT2D eigenvalue weighted by Crippen LogP contribution is -2.07. The number of halogens is 6. The van der Waals surface area contributed by atoms with E-state index < -0.39 is 23.7 Å². The van der Waals surface area contributed by atoms with E-state index >= 15 is 0 Å². The fourth-order valence-electron chi connectivity index (χ4n) is 1.79. The number of aliphatic hydroxyl groups excluding tert-OH is 1. The minimum Gasteiger partial charge on any atom is -0.384 e. The number of alkyl halides is 3. The molecule has 1 atom stereocenters. The molecule has 2 aromatic carbocycles. The fraction of sp³-hybridized carbons (Fsp3) is 0.143. The van der Waals surface area contributed by atoms with Crippen LogP contribution in [0.4, 0.5) is 17.6 Å². The van der Waals surface area contributed by atoms with Crippen LogP contribution < -0.4 is 0 Å². The fourth-order valence-corrected chi connectivity index (χ4v) is 2.26. The van der Waals surface area contributed by atoms with E-state index in [4.69, 9.17) is 11.6 Å². The van der Waals surface area contributed by atoms with Gasteiger partial charge in [0.15, 0.2) is 0 Å². The van der Waals surface area contributed by atoms with Crippen molar-refractivity contribution in [1.29, 1.82) is 0 Å². The molecule has 0 aliphatic carbocycles. The Hall–Kier alpha value is -1.11. The Bertz CT molecular complexity index is 655. The highest BCUT2D eigenvalue weighted by atomic mass is 79.9. The lowest BCUT2D eigenvalue weighted by molar-refractivity contribution is -0.137. The normalized spacial score (nSPS) is 13.3. The maximum absolute atomic E-state index is 14.0. The Labute approximate surface area is 131 Å². The zero-order valence-electron chi connectivity index (χ0n) is 10.3. The van der Waals surface area contributed by atoms with Crippen LogP contribution in [-0.4, -0.2) is 5.11 Å². The van der Waals surface area contributed by atoms with Crippen LogP contribution in [0.3, 0.4) is 0 Å². The molecule has 112 valence electrons. The summed E-state index contributed by atoms with van der Waals surface area (Å²) in [5, 5.41) is 9.89. The van der Waals surface area contributed by atoms with Crippen molar-refractivity contribution < 1.29 is 22.7 Å². The highest BCUT2D eigenvalue weighted by Crippen LogP contribution is 2.34. The second-order valence-electron chi connectivity index (χ2n) is 4.29. The van der Waals surface area contributed by atoms with Crippen LogP contribution in [0.5, 0.6) is 0 Å². The van der Waals surface area contributed by atoms with Crippen molar-refractivity contribution in [3.63, 3.8) is 0 Å². The molecule has 0 bridgehead atoms. The van der Waals surface area contributed by atoms with Gasteiger partial charge in [0, 0.05) is 10.0 Å². The Morgan fingerprint density at radius 1 is 1.05 bits per heavy atom. The lowest BCUT2D eigenvalue weighted by atomic mass is 10.00.